The third kappa shape index (κ3) is 2.38. The molecule has 1 aromatic rings. The van der Waals surface area contributed by atoms with Crippen molar-refractivity contribution >= 4 is 5.70 Å². The molecular formula is C13H19N. The molecule has 1 heteroatoms. The Morgan fingerprint density at radius 3 is 1.86 bits per heavy atom. The number of rotatable bonds is 2. The fourth-order valence-corrected chi connectivity index (χ4v) is 1.71. The number of hydrogen-bond acceptors (Lipinski definition) is 1. The SMILES string of the molecule is CC(C)=C(c1ccc(C)cc1)N(C)C. The van der Waals surface area contributed by atoms with E-state index in [0.717, 1.165) is 0 Å². The van der Waals surface area contributed by atoms with Crippen molar-refractivity contribution in [2.45, 2.75) is 20.8 Å². The van der Waals surface area contributed by atoms with E-state index < -0.39 is 0 Å². The lowest BCUT2D eigenvalue weighted by molar-refractivity contribution is 0.587. The lowest BCUT2D eigenvalue weighted by Crippen LogP contribution is -2.11. The highest BCUT2D eigenvalue weighted by molar-refractivity contribution is 5.66. The topological polar surface area (TPSA) is 3.24 Å². The first-order chi connectivity index (χ1) is 6.52. The summed E-state index contributed by atoms with van der Waals surface area (Å²) in [4.78, 5) is 2.17. The summed E-state index contributed by atoms with van der Waals surface area (Å²) in [6.45, 7) is 6.41. The van der Waals surface area contributed by atoms with E-state index in [-0.39, 0.29) is 0 Å². The summed E-state index contributed by atoms with van der Waals surface area (Å²) in [6.07, 6.45) is 0. The van der Waals surface area contributed by atoms with Gasteiger partial charge in [-0.1, -0.05) is 35.4 Å². The molecule has 0 radical (unpaired) electrons. The molecule has 0 aromatic heterocycles. The van der Waals surface area contributed by atoms with Gasteiger partial charge >= 0.3 is 0 Å². The second-order valence-electron chi connectivity index (χ2n) is 4.11. The summed E-state index contributed by atoms with van der Waals surface area (Å²) in [5.41, 5.74) is 5.25. The van der Waals surface area contributed by atoms with Crippen LogP contribution in [-0.4, -0.2) is 19.0 Å². The fourth-order valence-electron chi connectivity index (χ4n) is 1.71. The predicted octanol–water partition coefficient (Wildman–Crippen LogP) is 3.31. The Bertz CT molecular complexity index is 327. The lowest BCUT2D eigenvalue weighted by Gasteiger charge is -2.19. The molecule has 0 heterocycles. The molecule has 1 rings (SSSR count). The van der Waals surface area contributed by atoms with E-state index in [1.165, 1.54) is 22.4 Å². The molecule has 1 aromatic carbocycles. The third-order valence-electron chi connectivity index (χ3n) is 2.25. The highest BCUT2D eigenvalue weighted by atomic mass is 15.1. The highest BCUT2D eigenvalue weighted by Gasteiger charge is 2.04. The molecule has 0 saturated carbocycles. The molecule has 0 unspecified atom stereocenters. The van der Waals surface area contributed by atoms with Gasteiger partial charge in [0.05, 0.1) is 0 Å². The zero-order chi connectivity index (χ0) is 10.7. The first kappa shape index (κ1) is 10.8. The maximum absolute atomic E-state index is 2.18. The number of benzene rings is 1. The molecule has 0 aliphatic heterocycles. The summed E-state index contributed by atoms with van der Waals surface area (Å²) in [5.74, 6) is 0. The molecule has 0 aliphatic carbocycles. The number of aryl methyl sites for hydroxylation is 1. The number of hydrogen-bond donors (Lipinski definition) is 0. The van der Waals surface area contributed by atoms with Gasteiger partial charge in [0.2, 0.25) is 0 Å². The van der Waals surface area contributed by atoms with Crippen LogP contribution in [0.5, 0.6) is 0 Å². The van der Waals surface area contributed by atoms with Gasteiger partial charge in [-0.3, -0.25) is 0 Å². The molecule has 0 aliphatic rings. The van der Waals surface area contributed by atoms with Crippen LogP contribution in [0.4, 0.5) is 0 Å². The van der Waals surface area contributed by atoms with Gasteiger partial charge in [-0.2, -0.15) is 0 Å². The van der Waals surface area contributed by atoms with Crippen molar-refractivity contribution < 1.29 is 0 Å². The molecule has 76 valence electrons. The average Bonchev–Trinajstić information content (AvgIpc) is 2.07. The Labute approximate surface area is 87.1 Å². The summed E-state index contributed by atoms with van der Waals surface area (Å²) >= 11 is 0. The van der Waals surface area contributed by atoms with Crippen LogP contribution in [0, 0.1) is 6.92 Å². The van der Waals surface area contributed by atoms with Crippen LogP contribution < -0.4 is 0 Å². The van der Waals surface area contributed by atoms with E-state index in [1.807, 2.05) is 0 Å². The molecule has 0 amide bonds. The standard InChI is InChI=1S/C13H19N/c1-10(2)13(14(4)5)12-8-6-11(3)7-9-12/h6-9H,1-5H3. The van der Waals surface area contributed by atoms with Gasteiger partial charge in [0, 0.05) is 19.8 Å². The van der Waals surface area contributed by atoms with Gasteiger partial charge < -0.3 is 4.90 Å². The fraction of sp³-hybridized carbons (Fsp3) is 0.385. The van der Waals surface area contributed by atoms with Gasteiger partial charge in [0.15, 0.2) is 0 Å². The van der Waals surface area contributed by atoms with E-state index in [2.05, 4.69) is 64.0 Å². The average molecular weight is 189 g/mol. The minimum atomic E-state index is 1.29. The summed E-state index contributed by atoms with van der Waals surface area (Å²) in [6, 6.07) is 8.67. The van der Waals surface area contributed by atoms with Gasteiger partial charge in [-0.05, 0) is 26.3 Å². The van der Waals surface area contributed by atoms with Crippen LogP contribution in [0.25, 0.3) is 5.70 Å². The Hall–Kier alpha value is -1.24. The molecule has 0 N–H and O–H groups in total. The Balaban J connectivity index is 3.14. The van der Waals surface area contributed by atoms with Crippen LogP contribution in [0.3, 0.4) is 0 Å². The zero-order valence-electron chi connectivity index (χ0n) is 9.76. The molecule has 14 heavy (non-hydrogen) atoms. The van der Waals surface area contributed by atoms with E-state index >= 15 is 0 Å². The van der Waals surface area contributed by atoms with Crippen LogP contribution in [-0.2, 0) is 0 Å². The van der Waals surface area contributed by atoms with Crippen LogP contribution in [0.15, 0.2) is 29.8 Å². The summed E-state index contributed by atoms with van der Waals surface area (Å²) in [7, 11) is 4.17. The van der Waals surface area contributed by atoms with Gasteiger partial charge in [0.25, 0.3) is 0 Å². The third-order valence-corrected chi connectivity index (χ3v) is 2.25. The molecule has 0 bridgehead atoms. The maximum atomic E-state index is 2.18. The largest absolute Gasteiger partial charge is 0.377 e. The van der Waals surface area contributed by atoms with E-state index in [0.29, 0.717) is 0 Å². The van der Waals surface area contributed by atoms with Crippen molar-refractivity contribution in [1.29, 1.82) is 0 Å². The van der Waals surface area contributed by atoms with Crippen molar-refractivity contribution in [3.8, 4) is 0 Å². The molecule has 0 spiro atoms. The van der Waals surface area contributed by atoms with Gasteiger partial charge in [0.1, 0.15) is 0 Å². The quantitative estimate of drug-likeness (QED) is 0.690. The van der Waals surface area contributed by atoms with Crippen molar-refractivity contribution in [1.82, 2.24) is 4.90 Å². The van der Waals surface area contributed by atoms with E-state index in [4.69, 9.17) is 0 Å². The monoisotopic (exact) mass is 189 g/mol. The van der Waals surface area contributed by atoms with Gasteiger partial charge in [-0.25, -0.2) is 0 Å². The second-order valence-corrected chi connectivity index (χ2v) is 4.11. The minimum absolute atomic E-state index is 1.29. The van der Waals surface area contributed by atoms with Crippen molar-refractivity contribution in [3.63, 3.8) is 0 Å². The lowest BCUT2D eigenvalue weighted by atomic mass is 10.1. The maximum Gasteiger partial charge on any atom is 0.0420 e. The molecule has 1 nitrogen and oxygen atoms in total. The van der Waals surface area contributed by atoms with Crippen LogP contribution in [0.2, 0.25) is 0 Å². The first-order valence-electron chi connectivity index (χ1n) is 4.94. The smallest absolute Gasteiger partial charge is 0.0420 e. The first-order valence-corrected chi connectivity index (χ1v) is 4.94. The van der Waals surface area contributed by atoms with Crippen molar-refractivity contribution in [2.24, 2.45) is 0 Å². The van der Waals surface area contributed by atoms with Crippen molar-refractivity contribution in [3.05, 3.63) is 41.0 Å². The number of nitrogens with zero attached hydrogens (tertiary/aromatic N) is 1. The predicted molar refractivity (Wildman–Crippen MR) is 63.1 cm³/mol. The van der Waals surface area contributed by atoms with Crippen LogP contribution >= 0.6 is 0 Å². The normalized spacial score (nSPS) is 9.79. The molecular weight excluding hydrogens is 170 g/mol. The second kappa shape index (κ2) is 4.32. The Morgan fingerprint density at radius 2 is 1.50 bits per heavy atom. The van der Waals surface area contributed by atoms with Crippen LogP contribution in [0.1, 0.15) is 25.0 Å². The highest BCUT2D eigenvalue weighted by Crippen LogP contribution is 2.20. The molecule has 0 saturated heterocycles. The zero-order valence-corrected chi connectivity index (χ0v) is 9.76. The molecule has 0 atom stereocenters. The summed E-state index contributed by atoms with van der Waals surface area (Å²) in [5, 5.41) is 0. The van der Waals surface area contributed by atoms with E-state index in [1.54, 1.807) is 0 Å². The molecule has 0 fully saturated rings. The van der Waals surface area contributed by atoms with Crippen molar-refractivity contribution in [2.75, 3.05) is 14.1 Å². The van der Waals surface area contributed by atoms with E-state index in [9.17, 15) is 0 Å². The van der Waals surface area contributed by atoms with Gasteiger partial charge in [-0.15, -0.1) is 0 Å². The Morgan fingerprint density at radius 1 is 1.00 bits per heavy atom. The Kier molecular flexibility index (Phi) is 3.34. The minimum Gasteiger partial charge on any atom is -0.377 e. The number of allylic oxidation sites excluding steroid dienone is 1. The summed E-state index contributed by atoms with van der Waals surface area (Å²) < 4.78 is 0.